The third-order valence-electron chi connectivity index (χ3n) is 5.63. The largest absolute Gasteiger partial charge is 0.322 e. The number of H-pyrrole nitrogens is 1. The van der Waals surface area contributed by atoms with Crippen molar-refractivity contribution in [3.8, 4) is 11.4 Å². The molecule has 2 aromatic carbocycles. The van der Waals surface area contributed by atoms with Gasteiger partial charge in [-0.3, -0.25) is 14.5 Å². The summed E-state index contributed by atoms with van der Waals surface area (Å²) in [6, 6.07) is 18.7. The van der Waals surface area contributed by atoms with Gasteiger partial charge in [0.2, 0.25) is 5.91 Å². The third kappa shape index (κ3) is 5.39. The van der Waals surface area contributed by atoms with E-state index < -0.39 is 0 Å². The Morgan fingerprint density at radius 1 is 1.03 bits per heavy atom. The Hall–Kier alpha value is -3.39. The number of hydrogen-bond donors (Lipinski definition) is 2. The zero-order valence-corrected chi connectivity index (χ0v) is 21.0. The number of carbonyl (C=O) groups excluding carboxylic acids is 1. The molecule has 0 saturated carbocycles. The van der Waals surface area contributed by atoms with Gasteiger partial charge in [-0.15, -0.1) is 10.2 Å². The van der Waals surface area contributed by atoms with E-state index in [2.05, 4.69) is 87.4 Å². The molecule has 0 fully saturated rings. The first-order valence-corrected chi connectivity index (χ1v) is 12.2. The average molecular weight is 475 g/mol. The molecule has 2 heterocycles. The summed E-state index contributed by atoms with van der Waals surface area (Å²) in [4.78, 5) is 12.6. The standard InChI is InChI=1S/C26H30N6OS/c1-17-23(18(2)29-28-17)27-22(33)16-34-25-31-30-24(32(25)15-19-9-7-6-8-10-19)20-11-13-21(14-12-20)26(3,4)5/h6-14H,15-16H2,1-5H3,(H,27,33)(H,28,29). The normalized spacial score (nSPS) is 11.6. The second-order valence-electron chi connectivity index (χ2n) is 9.35. The molecule has 0 saturated heterocycles. The van der Waals surface area contributed by atoms with E-state index in [1.807, 2.05) is 32.0 Å². The lowest BCUT2D eigenvalue weighted by molar-refractivity contribution is -0.113. The first-order chi connectivity index (χ1) is 16.2. The van der Waals surface area contributed by atoms with Gasteiger partial charge in [0.1, 0.15) is 0 Å². The number of aryl methyl sites for hydroxylation is 2. The molecule has 0 bridgehead atoms. The van der Waals surface area contributed by atoms with Crippen LogP contribution >= 0.6 is 11.8 Å². The molecule has 0 aliphatic heterocycles. The van der Waals surface area contributed by atoms with E-state index >= 15 is 0 Å². The van der Waals surface area contributed by atoms with Gasteiger partial charge in [-0.05, 0) is 30.4 Å². The Labute approximate surface area is 204 Å². The van der Waals surface area contributed by atoms with Crippen LogP contribution in [0.4, 0.5) is 5.69 Å². The molecule has 0 aliphatic rings. The minimum absolute atomic E-state index is 0.0797. The number of nitrogens with one attached hydrogen (secondary N) is 2. The zero-order valence-electron chi connectivity index (χ0n) is 20.2. The first-order valence-electron chi connectivity index (χ1n) is 11.2. The molecule has 8 heteroatoms. The van der Waals surface area contributed by atoms with E-state index in [0.717, 1.165) is 34.0 Å². The van der Waals surface area contributed by atoms with Crippen LogP contribution in [0.1, 0.15) is 43.3 Å². The van der Waals surface area contributed by atoms with E-state index in [9.17, 15) is 4.79 Å². The van der Waals surface area contributed by atoms with Gasteiger partial charge in [0.15, 0.2) is 11.0 Å². The molecular formula is C26H30N6OS. The van der Waals surface area contributed by atoms with Gasteiger partial charge < -0.3 is 5.32 Å². The summed E-state index contributed by atoms with van der Waals surface area (Å²) < 4.78 is 2.08. The number of hydrogen-bond acceptors (Lipinski definition) is 5. The summed E-state index contributed by atoms with van der Waals surface area (Å²) in [6.45, 7) is 11.0. The number of nitrogens with zero attached hydrogens (tertiary/aromatic N) is 4. The molecule has 0 spiro atoms. The Kier molecular flexibility index (Phi) is 6.88. The highest BCUT2D eigenvalue weighted by Gasteiger charge is 2.19. The highest BCUT2D eigenvalue weighted by molar-refractivity contribution is 7.99. The fourth-order valence-electron chi connectivity index (χ4n) is 3.68. The molecule has 4 aromatic rings. The molecule has 0 atom stereocenters. The van der Waals surface area contributed by atoms with Crippen molar-refractivity contribution < 1.29 is 4.79 Å². The molecule has 0 aliphatic carbocycles. The second kappa shape index (κ2) is 9.85. The minimum atomic E-state index is -0.108. The van der Waals surface area contributed by atoms with E-state index in [1.165, 1.54) is 17.3 Å². The molecule has 0 radical (unpaired) electrons. The van der Waals surface area contributed by atoms with Crippen LogP contribution in [0, 0.1) is 13.8 Å². The highest BCUT2D eigenvalue weighted by Crippen LogP contribution is 2.28. The highest BCUT2D eigenvalue weighted by atomic mass is 32.2. The van der Waals surface area contributed by atoms with Gasteiger partial charge in [-0.1, -0.05) is 87.1 Å². The first kappa shape index (κ1) is 23.8. The molecule has 34 heavy (non-hydrogen) atoms. The maximum Gasteiger partial charge on any atom is 0.234 e. The minimum Gasteiger partial charge on any atom is -0.322 e. The monoisotopic (exact) mass is 474 g/mol. The van der Waals surface area contributed by atoms with Crippen LogP contribution in [-0.4, -0.2) is 36.6 Å². The predicted molar refractivity (Wildman–Crippen MR) is 137 cm³/mol. The summed E-state index contributed by atoms with van der Waals surface area (Å²) in [5, 5.41) is 19.6. The molecule has 2 N–H and O–H groups in total. The maximum atomic E-state index is 12.6. The summed E-state index contributed by atoms with van der Waals surface area (Å²) >= 11 is 1.38. The van der Waals surface area contributed by atoms with Crippen LogP contribution in [-0.2, 0) is 16.8 Å². The Bertz CT molecular complexity index is 1250. The topological polar surface area (TPSA) is 88.5 Å². The molecule has 4 rings (SSSR count). The number of rotatable bonds is 7. The summed E-state index contributed by atoms with van der Waals surface area (Å²) in [5.74, 6) is 0.900. The van der Waals surface area contributed by atoms with Gasteiger partial charge in [0.25, 0.3) is 0 Å². The fraction of sp³-hybridized carbons (Fsp3) is 0.308. The SMILES string of the molecule is Cc1n[nH]c(C)c1NC(=O)CSc1nnc(-c2ccc(C(C)(C)C)cc2)n1Cc1ccccc1. The Morgan fingerprint density at radius 2 is 1.74 bits per heavy atom. The molecule has 176 valence electrons. The fourth-order valence-corrected chi connectivity index (χ4v) is 4.42. The van der Waals surface area contributed by atoms with Gasteiger partial charge in [0.05, 0.1) is 29.4 Å². The number of anilines is 1. The van der Waals surface area contributed by atoms with Crippen molar-refractivity contribution in [1.82, 2.24) is 25.0 Å². The summed E-state index contributed by atoms with van der Waals surface area (Å²) in [5.41, 5.74) is 5.82. The second-order valence-corrected chi connectivity index (χ2v) is 10.3. The lowest BCUT2D eigenvalue weighted by atomic mass is 9.87. The Balaban J connectivity index is 1.58. The van der Waals surface area contributed by atoms with Crippen LogP contribution in [0.2, 0.25) is 0 Å². The van der Waals surface area contributed by atoms with Crippen molar-refractivity contribution in [2.75, 3.05) is 11.1 Å². The molecule has 2 aromatic heterocycles. The molecule has 7 nitrogen and oxygen atoms in total. The number of carbonyl (C=O) groups is 1. The zero-order chi connectivity index (χ0) is 24.3. The van der Waals surface area contributed by atoms with E-state index in [4.69, 9.17) is 0 Å². The number of amides is 1. The van der Waals surface area contributed by atoms with Crippen LogP contribution in [0.25, 0.3) is 11.4 Å². The van der Waals surface area contributed by atoms with Crippen molar-refractivity contribution in [3.05, 3.63) is 77.1 Å². The number of aromatic amines is 1. The smallest absolute Gasteiger partial charge is 0.234 e. The van der Waals surface area contributed by atoms with Crippen molar-refractivity contribution in [2.45, 2.75) is 51.7 Å². The van der Waals surface area contributed by atoms with Crippen molar-refractivity contribution >= 4 is 23.4 Å². The summed E-state index contributed by atoms with van der Waals surface area (Å²) in [7, 11) is 0. The maximum absolute atomic E-state index is 12.6. The van der Waals surface area contributed by atoms with Gasteiger partial charge in [-0.2, -0.15) is 5.10 Å². The quantitative estimate of drug-likeness (QED) is 0.352. The van der Waals surface area contributed by atoms with Crippen molar-refractivity contribution in [3.63, 3.8) is 0 Å². The lowest BCUT2D eigenvalue weighted by Gasteiger charge is -2.19. The van der Waals surface area contributed by atoms with Crippen LogP contribution in [0.3, 0.4) is 0 Å². The van der Waals surface area contributed by atoms with E-state index in [0.29, 0.717) is 11.7 Å². The van der Waals surface area contributed by atoms with Crippen molar-refractivity contribution in [2.24, 2.45) is 0 Å². The Morgan fingerprint density at radius 3 is 2.35 bits per heavy atom. The van der Waals surface area contributed by atoms with Gasteiger partial charge in [-0.25, -0.2) is 0 Å². The van der Waals surface area contributed by atoms with Crippen molar-refractivity contribution in [1.29, 1.82) is 0 Å². The predicted octanol–water partition coefficient (Wildman–Crippen LogP) is 5.36. The van der Waals surface area contributed by atoms with Crippen LogP contribution < -0.4 is 5.32 Å². The van der Waals surface area contributed by atoms with Crippen LogP contribution in [0.5, 0.6) is 0 Å². The van der Waals surface area contributed by atoms with Gasteiger partial charge in [0, 0.05) is 5.56 Å². The van der Waals surface area contributed by atoms with Crippen LogP contribution in [0.15, 0.2) is 59.8 Å². The van der Waals surface area contributed by atoms with Gasteiger partial charge >= 0.3 is 0 Å². The molecule has 0 unspecified atom stereocenters. The molecular weight excluding hydrogens is 444 g/mol. The lowest BCUT2D eigenvalue weighted by Crippen LogP contribution is -2.15. The number of aromatic nitrogens is 5. The third-order valence-corrected chi connectivity index (χ3v) is 6.60. The average Bonchev–Trinajstić information content (AvgIpc) is 3.35. The van der Waals surface area contributed by atoms with E-state index in [-0.39, 0.29) is 17.1 Å². The number of thioether (sulfide) groups is 1. The molecule has 1 amide bonds. The number of benzene rings is 2. The van der Waals surface area contributed by atoms with E-state index in [1.54, 1.807) is 0 Å². The summed E-state index contributed by atoms with van der Waals surface area (Å²) in [6.07, 6.45) is 0.